The first-order valence-electron chi connectivity index (χ1n) is 9.42. The SMILES string of the molecule is CN=C(NCCCCOC1CCCCCC1)NCCCCSC.I. The molecule has 144 valence electrons. The van der Waals surface area contributed by atoms with Crippen LogP contribution in [0, 0.1) is 0 Å². The van der Waals surface area contributed by atoms with Crippen molar-refractivity contribution in [1.29, 1.82) is 0 Å². The molecule has 1 rings (SSSR count). The maximum absolute atomic E-state index is 6.02. The molecule has 6 heteroatoms. The lowest BCUT2D eigenvalue weighted by molar-refractivity contribution is 0.0411. The van der Waals surface area contributed by atoms with Crippen molar-refractivity contribution in [3.05, 3.63) is 0 Å². The molecule has 0 aromatic carbocycles. The second kappa shape index (κ2) is 18.1. The first kappa shape index (κ1) is 24.3. The summed E-state index contributed by atoms with van der Waals surface area (Å²) >= 11 is 1.91. The average molecular weight is 471 g/mol. The molecule has 0 amide bonds. The highest BCUT2D eigenvalue weighted by Crippen LogP contribution is 2.19. The van der Waals surface area contributed by atoms with Crippen molar-refractivity contribution >= 4 is 41.7 Å². The van der Waals surface area contributed by atoms with Crippen molar-refractivity contribution in [3.63, 3.8) is 0 Å². The Kier molecular flexibility index (Phi) is 18.3. The van der Waals surface area contributed by atoms with E-state index < -0.39 is 0 Å². The van der Waals surface area contributed by atoms with Gasteiger partial charge in [0.25, 0.3) is 0 Å². The number of hydrogen-bond donors (Lipinski definition) is 2. The zero-order valence-electron chi connectivity index (χ0n) is 15.6. The fourth-order valence-electron chi connectivity index (χ4n) is 2.89. The lowest BCUT2D eigenvalue weighted by Gasteiger charge is -2.15. The van der Waals surface area contributed by atoms with Crippen LogP contribution in [0.3, 0.4) is 0 Å². The number of nitrogens with one attached hydrogen (secondary N) is 2. The van der Waals surface area contributed by atoms with Gasteiger partial charge in [0.1, 0.15) is 0 Å². The molecular weight excluding hydrogens is 433 g/mol. The fourth-order valence-corrected chi connectivity index (χ4v) is 3.38. The van der Waals surface area contributed by atoms with Gasteiger partial charge in [-0.15, -0.1) is 24.0 Å². The van der Waals surface area contributed by atoms with Crippen LogP contribution in [-0.2, 0) is 4.74 Å². The highest BCUT2D eigenvalue weighted by molar-refractivity contribution is 14.0. The van der Waals surface area contributed by atoms with E-state index in [1.807, 2.05) is 18.8 Å². The average Bonchev–Trinajstić information content (AvgIpc) is 2.84. The van der Waals surface area contributed by atoms with E-state index in [9.17, 15) is 0 Å². The number of hydrogen-bond acceptors (Lipinski definition) is 3. The first-order chi connectivity index (χ1) is 11.4. The van der Waals surface area contributed by atoms with E-state index in [0.29, 0.717) is 6.10 Å². The van der Waals surface area contributed by atoms with Gasteiger partial charge in [-0.3, -0.25) is 4.99 Å². The predicted molar refractivity (Wildman–Crippen MR) is 119 cm³/mol. The second-order valence-corrected chi connectivity index (χ2v) is 7.30. The molecule has 0 aliphatic heterocycles. The maximum atomic E-state index is 6.02. The molecule has 1 aliphatic carbocycles. The first-order valence-corrected chi connectivity index (χ1v) is 10.8. The summed E-state index contributed by atoms with van der Waals surface area (Å²) in [6, 6.07) is 0. The summed E-state index contributed by atoms with van der Waals surface area (Å²) in [5.74, 6) is 2.17. The molecule has 0 aromatic rings. The van der Waals surface area contributed by atoms with Crippen LogP contribution in [0.1, 0.15) is 64.2 Å². The normalized spacial score (nSPS) is 16.3. The highest BCUT2D eigenvalue weighted by atomic mass is 127. The van der Waals surface area contributed by atoms with E-state index in [1.54, 1.807) is 0 Å². The zero-order chi connectivity index (χ0) is 16.6. The van der Waals surface area contributed by atoms with Crippen LogP contribution in [0.25, 0.3) is 0 Å². The third kappa shape index (κ3) is 13.6. The van der Waals surface area contributed by atoms with E-state index in [-0.39, 0.29) is 24.0 Å². The Morgan fingerprint density at radius 1 is 1.00 bits per heavy atom. The number of nitrogens with zero attached hydrogens (tertiary/aromatic N) is 1. The molecular formula is C18H38IN3OS. The molecule has 0 saturated heterocycles. The minimum atomic E-state index is 0. The summed E-state index contributed by atoms with van der Waals surface area (Å²) in [6.07, 6.45) is 15.5. The summed E-state index contributed by atoms with van der Waals surface area (Å²) in [6.45, 7) is 2.89. The van der Waals surface area contributed by atoms with Crippen LogP contribution in [0.2, 0.25) is 0 Å². The van der Waals surface area contributed by atoms with Crippen LogP contribution in [0.15, 0.2) is 4.99 Å². The zero-order valence-corrected chi connectivity index (χ0v) is 18.8. The van der Waals surface area contributed by atoms with E-state index in [4.69, 9.17) is 4.74 Å². The summed E-state index contributed by atoms with van der Waals surface area (Å²) in [5, 5.41) is 6.76. The summed E-state index contributed by atoms with van der Waals surface area (Å²) in [7, 11) is 1.84. The van der Waals surface area contributed by atoms with E-state index in [0.717, 1.165) is 38.5 Å². The highest BCUT2D eigenvalue weighted by Gasteiger charge is 2.11. The predicted octanol–water partition coefficient (Wildman–Crippen LogP) is 4.43. The Morgan fingerprint density at radius 2 is 1.62 bits per heavy atom. The molecule has 0 radical (unpaired) electrons. The molecule has 0 bridgehead atoms. The molecule has 2 N–H and O–H groups in total. The lowest BCUT2D eigenvalue weighted by Crippen LogP contribution is -2.38. The number of guanidine groups is 1. The number of unbranched alkanes of at least 4 members (excludes halogenated alkanes) is 2. The molecule has 1 aliphatic rings. The van der Waals surface area contributed by atoms with Gasteiger partial charge in [-0.25, -0.2) is 0 Å². The molecule has 0 heterocycles. The number of rotatable bonds is 11. The Bertz CT molecular complexity index is 298. The summed E-state index contributed by atoms with van der Waals surface area (Å²) in [5.41, 5.74) is 0. The Labute approximate surface area is 170 Å². The summed E-state index contributed by atoms with van der Waals surface area (Å²) in [4.78, 5) is 4.27. The fraction of sp³-hybridized carbons (Fsp3) is 0.944. The van der Waals surface area contributed by atoms with Gasteiger partial charge in [0, 0.05) is 26.7 Å². The maximum Gasteiger partial charge on any atom is 0.190 e. The van der Waals surface area contributed by atoms with Crippen LogP contribution in [-0.4, -0.2) is 50.8 Å². The number of ether oxygens (including phenoxy) is 1. The molecule has 0 spiro atoms. The van der Waals surface area contributed by atoms with Gasteiger partial charge in [0.05, 0.1) is 6.10 Å². The molecule has 0 aromatic heterocycles. The standard InChI is InChI=1S/C18H37N3OS.HI/c1-19-18(21-14-8-10-16-23-2)20-13-7-9-15-22-17-11-5-3-4-6-12-17;/h17H,3-16H2,1-2H3,(H2,19,20,21);1H. The van der Waals surface area contributed by atoms with Crippen molar-refractivity contribution in [1.82, 2.24) is 10.6 Å². The number of aliphatic imine (C=N–C) groups is 1. The van der Waals surface area contributed by atoms with E-state index in [1.165, 1.54) is 57.1 Å². The topological polar surface area (TPSA) is 45.7 Å². The minimum Gasteiger partial charge on any atom is -0.378 e. The van der Waals surface area contributed by atoms with Crippen molar-refractivity contribution in [3.8, 4) is 0 Å². The lowest BCUT2D eigenvalue weighted by atomic mass is 10.1. The van der Waals surface area contributed by atoms with Crippen LogP contribution >= 0.6 is 35.7 Å². The van der Waals surface area contributed by atoms with Gasteiger partial charge < -0.3 is 15.4 Å². The smallest absolute Gasteiger partial charge is 0.190 e. The van der Waals surface area contributed by atoms with Gasteiger partial charge in [-0.1, -0.05) is 25.7 Å². The molecule has 24 heavy (non-hydrogen) atoms. The largest absolute Gasteiger partial charge is 0.378 e. The quantitative estimate of drug-likeness (QED) is 0.154. The van der Waals surface area contributed by atoms with Crippen molar-refractivity contribution in [2.24, 2.45) is 4.99 Å². The van der Waals surface area contributed by atoms with Crippen LogP contribution < -0.4 is 10.6 Å². The number of halogens is 1. The van der Waals surface area contributed by atoms with Gasteiger partial charge in [0.2, 0.25) is 0 Å². The van der Waals surface area contributed by atoms with E-state index in [2.05, 4.69) is 21.9 Å². The molecule has 1 saturated carbocycles. The summed E-state index contributed by atoms with van der Waals surface area (Å²) < 4.78 is 6.02. The van der Waals surface area contributed by atoms with Crippen LogP contribution in [0.4, 0.5) is 0 Å². The van der Waals surface area contributed by atoms with Gasteiger partial charge in [0.15, 0.2) is 5.96 Å². The number of thioether (sulfide) groups is 1. The van der Waals surface area contributed by atoms with Gasteiger partial charge >= 0.3 is 0 Å². The third-order valence-corrected chi connectivity index (χ3v) is 5.01. The van der Waals surface area contributed by atoms with Crippen molar-refractivity contribution < 1.29 is 4.74 Å². The molecule has 4 nitrogen and oxygen atoms in total. The Balaban J connectivity index is 0.00000529. The minimum absolute atomic E-state index is 0. The van der Waals surface area contributed by atoms with E-state index >= 15 is 0 Å². The van der Waals surface area contributed by atoms with Crippen molar-refractivity contribution in [2.45, 2.75) is 70.3 Å². The third-order valence-electron chi connectivity index (χ3n) is 4.31. The molecule has 0 unspecified atom stereocenters. The Morgan fingerprint density at radius 3 is 2.21 bits per heavy atom. The monoisotopic (exact) mass is 471 g/mol. The molecule has 1 fully saturated rings. The van der Waals surface area contributed by atoms with Gasteiger partial charge in [-0.05, 0) is 50.5 Å². The Hall–Kier alpha value is 0.310. The van der Waals surface area contributed by atoms with Crippen molar-refractivity contribution in [2.75, 3.05) is 38.8 Å². The van der Waals surface area contributed by atoms with Crippen LogP contribution in [0.5, 0.6) is 0 Å². The second-order valence-electron chi connectivity index (χ2n) is 6.32. The van der Waals surface area contributed by atoms with Gasteiger partial charge in [-0.2, -0.15) is 11.8 Å². The molecule has 0 atom stereocenters.